The summed E-state index contributed by atoms with van der Waals surface area (Å²) in [7, 11) is 0. The number of imidazole rings is 1. The van der Waals surface area contributed by atoms with Crippen molar-refractivity contribution in [1.29, 1.82) is 0 Å². The smallest absolute Gasteiger partial charge is 0.234 e. The van der Waals surface area contributed by atoms with Gasteiger partial charge in [0.15, 0.2) is 5.16 Å². The average Bonchev–Trinajstić information content (AvgIpc) is 2.81. The Bertz CT molecular complexity index is 701. The number of unbranched alkanes of at least 4 members (excludes halogenated alkanes) is 1. The number of hydrogen-bond acceptors (Lipinski definition) is 3. The summed E-state index contributed by atoms with van der Waals surface area (Å²) in [4.78, 5) is 17.0. The van der Waals surface area contributed by atoms with Gasteiger partial charge in [-0.15, -0.1) is 0 Å². The molecule has 0 aliphatic rings. The molecule has 0 aliphatic carbocycles. The van der Waals surface area contributed by atoms with Crippen LogP contribution in [0.3, 0.4) is 0 Å². The van der Waals surface area contributed by atoms with Gasteiger partial charge in [-0.2, -0.15) is 0 Å². The van der Waals surface area contributed by atoms with Crippen LogP contribution in [0.2, 0.25) is 0 Å². The van der Waals surface area contributed by atoms with Crippen molar-refractivity contribution in [3.8, 4) is 0 Å². The Morgan fingerprint density at radius 2 is 1.88 bits per heavy atom. The van der Waals surface area contributed by atoms with Crippen molar-refractivity contribution in [2.24, 2.45) is 0 Å². The van der Waals surface area contributed by atoms with Crippen LogP contribution in [0, 0.1) is 27.7 Å². The molecule has 1 aromatic carbocycles. The first-order chi connectivity index (χ1) is 11.4. The number of anilines is 1. The zero-order valence-corrected chi connectivity index (χ0v) is 16.1. The van der Waals surface area contributed by atoms with E-state index in [0.29, 0.717) is 5.75 Å². The predicted molar refractivity (Wildman–Crippen MR) is 102 cm³/mol. The molecule has 2 aromatic rings. The number of thioether (sulfide) groups is 1. The summed E-state index contributed by atoms with van der Waals surface area (Å²) < 4.78 is 2.23. The van der Waals surface area contributed by atoms with Gasteiger partial charge in [0.2, 0.25) is 5.91 Å². The molecule has 0 aliphatic heterocycles. The molecule has 2 rings (SSSR count). The van der Waals surface area contributed by atoms with Crippen molar-refractivity contribution in [2.45, 2.75) is 59.2 Å². The number of carbonyl (C=O) groups is 1. The highest BCUT2D eigenvalue weighted by Crippen LogP contribution is 2.23. The first-order valence-corrected chi connectivity index (χ1v) is 9.45. The summed E-state index contributed by atoms with van der Waals surface area (Å²) in [5.74, 6) is 0.383. The van der Waals surface area contributed by atoms with Gasteiger partial charge in [0, 0.05) is 17.9 Å². The molecule has 5 heteroatoms. The molecule has 0 spiro atoms. The van der Waals surface area contributed by atoms with Crippen LogP contribution in [0.5, 0.6) is 0 Å². The summed E-state index contributed by atoms with van der Waals surface area (Å²) in [6, 6.07) is 6.03. The maximum Gasteiger partial charge on any atom is 0.234 e. The van der Waals surface area contributed by atoms with E-state index in [4.69, 9.17) is 0 Å². The van der Waals surface area contributed by atoms with Crippen LogP contribution < -0.4 is 5.32 Å². The molecule has 0 radical (unpaired) electrons. The summed E-state index contributed by atoms with van der Waals surface area (Å²) in [5, 5.41) is 3.98. The van der Waals surface area contributed by atoms with Crippen LogP contribution in [0.15, 0.2) is 23.4 Å². The second-order valence-corrected chi connectivity index (χ2v) is 7.12. The molecule has 0 atom stereocenters. The molecule has 24 heavy (non-hydrogen) atoms. The molecule has 0 saturated carbocycles. The van der Waals surface area contributed by atoms with Gasteiger partial charge in [0.05, 0.1) is 11.4 Å². The summed E-state index contributed by atoms with van der Waals surface area (Å²) in [5.41, 5.74) is 5.34. The number of aromatic nitrogens is 2. The van der Waals surface area contributed by atoms with Gasteiger partial charge in [-0.3, -0.25) is 4.79 Å². The number of carbonyl (C=O) groups excluding carboxylic acids is 1. The van der Waals surface area contributed by atoms with Crippen LogP contribution in [0.25, 0.3) is 0 Å². The van der Waals surface area contributed by atoms with Crippen molar-refractivity contribution in [2.75, 3.05) is 11.1 Å². The summed E-state index contributed by atoms with van der Waals surface area (Å²) in [6.45, 7) is 11.3. The number of aryl methyl sites for hydroxylation is 3. The Kier molecular flexibility index (Phi) is 6.49. The molecule has 0 saturated heterocycles. The predicted octanol–water partition coefficient (Wildman–Crippen LogP) is 4.65. The lowest BCUT2D eigenvalue weighted by atomic mass is 10.1. The second-order valence-electron chi connectivity index (χ2n) is 6.17. The van der Waals surface area contributed by atoms with Crippen LogP contribution >= 0.6 is 11.8 Å². The molecule has 4 nitrogen and oxygen atoms in total. The standard InChI is InChI=1S/C19H27N3OS/c1-6-7-11-22-16(5)15(4)20-19(22)24-12-17(23)21-18-13(2)9-8-10-14(18)3/h8-10H,6-7,11-12H2,1-5H3,(H,21,23). The lowest BCUT2D eigenvalue weighted by molar-refractivity contribution is -0.113. The zero-order valence-electron chi connectivity index (χ0n) is 15.3. The Hall–Kier alpha value is -1.75. The molecule has 1 amide bonds. The minimum atomic E-state index is 0.0118. The van der Waals surface area contributed by atoms with Crippen molar-refractivity contribution < 1.29 is 4.79 Å². The maximum absolute atomic E-state index is 12.3. The number of para-hydroxylation sites is 1. The van der Waals surface area contributed by atoms with Crippen molar-refractivity contribution >= 4 is 23.4 Å². The number of benzene rings is 1. The van der Waals surface area contributed by atoms with Crippen molar-refractivity contribution in [1.82, 2.24) is 9.55 Å². The average molecular weight is 346 g/mol. The van der Waals surface area contributed by atoms with E-state index in [0.717, 1.165) is 47.1 Å². The third kappa shape index (κ3) is 4.41. The zero-order chi connectivity index (χ0) is 17.7. The molecule has 0 unspecified atom stereocenters. The van der Waals surface area contributed by atoms with E-state index in [1.807, 2.05) is 39.0 Å². The molecule has 0 bridgehead atoms. The Morgan fingerprint density at radius 1 is 1.21 bits per heavy atom. The van der Waals surface area contributed by atoms with Crippen LogP contribution in [-0.2, 0) is 11.3 Å². The monoisotopic (exact) mass is 345 g/mol. The van der Waals surface area contributed by atoms with E-state index in [1.54, 1.807) is 0 Å². The summed E-state index contributed by atoms with van der Waals surface area (Å²) >= 11 is 1.51. The highest BCUT2D eigenvalue weighted by atomic mass is 32.2. The second kappa shape index (κ2) is 8.38. The molecule has 130 valence electrons. The first kappa shape index (κ1) is 18.6. The van der Waals surface area contributed by atoms with Gasteiger partial charge in [-0.05, 0) is 45.2 Å². The number of rotatable bonds is 7. The Labute approximate surface area is 149 Å². The number of amides is 1. The third-order valence-corrected chi connectivity index (χ3v) is 5.21. The molecule has 1 N–H and O–H groups in total. The van der Waals surface area contributed by atoms with E-state index >= 15 is 0 Å². The molecular weight excluding hydrogens is 318 g/mol. The van der Waals surface area contributed by atoms with Crippen molar-refractivity contribution in [3.05, 3.63) is 40.7 Å². The number of hydrogen-bond donors (Lipinski definition) is 1. The van der Waals surface area contributed by atoms with Gasteiger partial charge in [-0.1, -0.05) is 43.3 Å². The largest absolute Gasteiger partial charge is 0.325 e. The molecule has 1 aromatic heterocycles. The molecule has 1 heterocycles. The molecule has 0 fully saturated rings. The molecular formula is C19H27N3OS. The van der Waals surface area contributed by atoms with Crippen LogP contribution in [0.4, 0.5) is 5.69 Å². The fourth-order valence-electron chi connectivity index (χ4n) is 2.63. The van der Waals surface area contributed by atoms with Gasteiger partial charge in [-0.25, -0.2) is 4.98 Å². The normalized spacial score (nSPS) is 10.9. The Balaban J connectivity index is 2.03. The minimum Gasteiger partial charge on any atom is -0.325 e. The van der Waals surface area contributed by atoms with Gasteiger partial charge in [0.1, 0.15) is 0 Å². The van der Waals surface area contributed by atoms with Gasteiger partial charge >= 0.3 is 0 Å². The van der Waals surface area contributed by atoms with Gasteiger partial charge in [0.25, 0.3) is 0 Å². The van der Waals surface area contributed by atoms with Crippen LogP contribution in [0.1, 0.15) is 42.3 Å². The SMILES string of the molecule is CCCCn1c(SCC(=O)Nc2c(C)cccc2C)nc(C)c1C. The van der Waals surface area contributed by atoms with E-state index < -0.39 is 0 Å². The topological polar surface area (TPSA) is 46.9 Å². The van der Waals surface area contributed by atoms with E-state index in [2.05, 4.69) is 28.7 Å². The third-order valence-electron chi connectivity index (χ3n) is 4.24. The van der Waals surface area contributed by atoms with Crippen molar-refractivity contribution in [3.63, 3.8) is 0 Å². The highest BCUT2D eigenvalue weighted by Gasteiger charge is 2.14. The number of nitrogens with one attached hydrogen (secondary N) is 1. The maximum atomic E-state index is 12.3. The quantitative estimate of drug-likeness (QED) is 0.743. The number of nitrogens with zero attached hydrogens (tertiary/aromatic N) is 2. The van der Waals surface area contributed by atoms with E-state index in [1.165, 1.54) is 17.5 Å². The minimum absolute atomic E-state index is 0.0118. The fraction of sp³-hybridized carbons (Fsp3) is 0.474. The van der Waals surface area contributed by atoms with Gasteiger partial charge < -0.3 is 9.88 Å². The first-order valence-electron chi connectivity index (χ1n) is 8.46. The lowest BCUT2D eigenvalue weighted by Crippen LogP contribution is -2.16. The van der Waals surface area contributed by atoms with Crippen LogP contribution in [-0.4, -0.2) is 21.2 Å². The lowest BCUT2D eigenvalue weighted by Gasteiger charge is -2.12. The van der Waals surface area contributed by atoms with E-state index in [-0.39, 0.29) is 5.91 Å². The Morgan fingerprint density at radius 3 is 2.50 bits per heavy atom. The fourth-order valence-corrected chi connectivity index (χ4v) is 3.55. The van der Waals surface area contributed by atoms with E-state index in [9.17, 15) is 4.79 Å². The summed E-state index contributed by atoms with van der Waals surface area (Å²) in [6.07, 6.45) is 2.27. The highest BCUT2D eigenvalue weighted by molar-refractivity contribution is 7.99.